The van der Waals surface area contributed by atoms with Crippen molar-refractivity contribution in [2.24, 2.45) is 0 Å². The Bertz CT molecular complexity index is 1760. The van der Waals surface area contributed by atoms with Crippen LogP contribution in [0, 0.1) is 0 Å². The Labute approximate surface area is 225 Å². The molecule has 0 saturated carbocycles. The van der Waals surface area contributed by atoms with E-state index in [0.717, 1.165) is 25.1 Å². The molecular formula is C28H18Cl2N2O4S. The van der Waals surface area contributed by atoms with E-state index in [1.54, 1.807) is 43.5 Å². The SMILES string of the molecule is COc1ccc(-c2nc3c(c(=O)n2C(C)=O)C(c2ccc(Cl)cc2)c2sc4c(Cl)cccc4c2O3)cc1. The van der Waals surface area contributed by atoms with E-state index >= 15 is 0 Å². The van der Waals surface area contributed by atoms with Crippen LogP contribution < -0.4 is 15.0 Å². The molecule has 6 rings (SSSR count). The van der Waals surface area contributed by atoms with Crippen molar-refractivity contribution in [1.82, 2.24) is 9.55 Å². The van der Waals surface area contributed by atoms with Crippen molar-refractivity contribution in [1.29, 1.82) is 0 Å². The third kappa shape index (κ3) is 3.82. The van der Waals surface area contributed by atoms with Crippen LogP contribution in [0.15, 0.2) is 71.5 Å². The number of carbonyl (C=O) groups excluding carboxylic acids is 1. The van der Waals surface area contributed by atoms with Crippen LogP contribution in [-0.4, -0.2) is 22.6 Å². The molecule has 37 heavy (non-hydrogen) atoms. The van der Waals surface area contributed by atoms with Gasteiger partial charge in [0, 0.05) is 22.9 Å². The summed E-state index contributed by atoms with van der Waals surface area (Å²) in [4.78, 5) is 32.4. The van der Waals surface area contributed by atoms with Gasteiger partial charge in [-0.05, 0) is 54.1 Å². The van der Waals surface area contributed by atoms with Crippen LogP contribution >= 0.6 is 34.5 Å². The topological polar surface area (TPSA) is 70.4 Å². The van der Waals surface area contributed by atoms with E-state index in [-0.39, 0.29) is 17.3 Å². The molecular weight excluding hydrogens is 531 g/mol. The fourth-order valence-corrected chi connectivity index (χ4v) is 6.33. The number of ether oxygens (including phenoxy) is 2. The van der Waals surface area contributed by atoms with Crippen molar-refractivity contribution in [2.75, 3.05) is 7.11 Å². The van der Waals surface area contributed by atoms with E-state index in [1.165, 1.54) is 18.3 Å². The van der Waals surface area contributed by atoms with Gasteiger partial charge in [0.25, 0.3) is 5.56 Å². The van der Waals surface area contributed by atoms with Crippen molar-refractivity contribution in [3.63, 3.8) is 0 Å². The van der Waals surface area contributed by atoms with E-state index < -0.39 is 17.4 Å². The summed E-state index contributed by atoms with van der Waals surface area (Å²) < 4.78 is 13.5. The maximum absolute atomic E-state index is 14.1. The summed E-state index contributed by atoms with van der Waals surface area (Å²) in [6.45, 7) is 1.34. The van der Waals surface area contributed by atoms with Gasteiger partial charge in [0.05, 0.1) is 33.2 Å². The number of benzene rings is 3. The van der Waals surface area contributed by atoms with Crippen LogP contribution in [0.4, 0.5) is 0 Å². The van der Waals surface area contributed by atoms with E-state index in [2.05, 4.69) is 0 Å². The Kier molecular flexibility index (Phi) is 5.79. The van der Waals surface area contributed by atoms with Crippen molar-refractivity contribution in [3.8, 4) is 28.8 Å². The molecule has 0 radical (unpaired) electrons. The molecule has 3 aromatic carbocycles. The van der Waals surface area contributed by atoms with Crippen LogP contribution in [0.1, 0.15) is 33.6 Å². The van der Waals surface area contributed by atoms with Crippen molar-refractivity contribution >= 4 is 50.5 Å². The summed E-state index contributed by atoms with van der Waals surface area (Å²) >= 11 is 14.2. The molecule has 1 unspecified atom stereocenters. The molecule has 5 aromatic rings. The summed E-state index contributed by atoms with van der Waals surface area (Å²) in [6, 6.07) is 19.9. The molecule has 3 heterocycles. The molecule has 2 aromatic heterocycles. The quantitative estimate of drug-likeness (QED) is 0.230. The van der Waals surface area contributed by atoms with Gasteiger partial charge < -0.3 is 9.47 Å². The minimum atomic E-state index is -0.528. The summed E-state index contributed by atoms with van der Waals surface area (Å²) in [7, 11) is 1.57. The lowest BCUT2D eigenvalue weighted by Gasteiger charge is -2.26. The molecule has 1 atom stereocenters. The Morgan fingerprint density at radius 1 is 1.05 bits per heavy atom. The molecule has 9 heteroatoms. The number of hydrogen-bond donors (Lipinski definition) is 0. The first-order valence-electron chi connectivity index (χ1n) is 11.3. The van der Waals surface area contributed by atoms with Gasteiger partial charge in [0.2, 0.25) is 11.8 Å². The van der Waals surface area contributed by atoms with Crippen LogP contribution in [-0.2, 0) is 0 Å². The molecule has 0 fully saturated rings. The van der Waals surface area contributed by atoms with Crippen molar-refractivity contribution < 1.29 is 14.3 Å². The number of aromatic nitrogens is 2. The largest absolute Gasteiger partial charge is 0.497 e. The van der Waals surface area contributed by atoms with Gasteiger partial charge in [-0.2, -0.15) is 4.98 Å². The standard InChI is InChI=1S/C28H18Cl2N2O4S/c1-14(33)32-26(16-8-12-18(35-2)13-9-16)31-27-22(28(32)34)21(15-6-10-17(29)11-7-15)25-23(36-27)19-4-3-5-20(30)24(19)37-25/h3-13,21H,1-2H3. The minimum absolute atomic E-state index is 0.153. The van der Waals surface area contributed by atoms with Crippen LogP contribution in [0.25, 0.3) is 21.5 Å². The molecule has 1 aliphatic rings. The van der Waals surface area contributed by atoms with E-state index in [0.29, 0.717) is 27.1 Å². The zero-order valence-electron chi connectivity index (χ0n) is 19.6. The van der Waals surface area contributed by atoms with E-state index in [9.17, 15) is 9.59 Å². The second kappa shape index (κ2) is 9.03. The molecule has 0 spiro atoms. The predicted octanol–water partition coefficient (Wildman–Crippen LogP) is 7.39. The van der Waals surface area contributed by atoms with Gasteiger partial charge in [0.15, 0.2) is 11.6 Å². The third-order valence-electron chi connectivity index (χ3n) is 6.35. The Morgan fingerprint density at radius 2 is 1.78 bits per heavy atom. The van der Waals surface area contributed by atoms with Crippen LogP contribution in [0.5, 0.6) is 17.4 Å². The fraction of sp³-hybridized carbons (Fsp3) is 0.107. The Morgan fingerprint density at radius 3 is 2.46 bits per heavy atom. The fourth-order valence-electron chi connectivity index (χ4n) is 4.64. The molecule has 184 valence electrons. The van der Waals surface area contributed by atoms with Crippen molar-refractivity contribution in [3.05, 3.63) is 103 Å². The number of rotatable bonds is 3. The second-order valence-electron chi connectivity index (χ2n) is 8.54. The second-order valence-corrected chi connectivity index (χ2v) is 10.4. The third-order valence-corrected chi connectivity index (χ3v) is 8.31. The lowest BCUT2D eigenvalue weighted by atomic mass is 9.89. The molecule has 0 bridgehead atoms. The minimum Gasteiger partial charge on any atom is -0.497 e. The summed E-state index contributed by atoms with van der Waals surface area (Å²) in [6.07, 6.45) is 0. The zero-order valence-corrected chi connectivity index (χ0v) is 21.9. The number of thiophene rings is 1. The molecule has 0 saturated heterocycles. The van der Waals surface area contributed by atoms with E-state index in [1.807, 2.05) is 30.3 Å². The highest BCUT2D eigenvalue weighted by Crippen LogP contribution is 2.53. The van der Waals surface area contributed by atoms with Crippen LogP contribution in [0.2, 0.25) is 10.0 Å². The van der Waals surface area contributed by atoms with Crippen LogP contribution in [0.3, 0.4) is 0 Å². The van der Waals surface area contributed by atoms with Gasteiger partial charge in [-0.3, -0.25) is 9.59 Å². The normalized spacial score (nSPS) is 14.1. The van der Waals surface area contributed by atoms with Gasteiger partial charge in [-0.1, -0.05) is 41.4 Å². The molecule has 6 nitrogen and oxygen atoms in total. The summed E-state index contributed by atoms with van der Waals surface area (Å²) in [5.74, 6) is 0.605. The monoisotopic (exact) mass is 548 g/mol. The number of nitrogens with zero attached hydrogens (tertiary/aromatic N) is 2. The highest BCUT2D eigenvalue weighted by molar-refractivity contribution is 7.20. The molecule has 1 aliphatic heterocycles. The predicted molar refractivity (Wildman–Crippen MR) is 146 cm³/mol. The first kappa shape index (κ1) is 23.7. The number of methoxy groups -OCH3 is 1. The smallest absolute Gasteiger partial charge is 0.268 e. The molecule has 0 amide bonds. The zero-order chi connectivity index (χ0) is 25.8. The lowest BCUT2D eigenvalue weighted by molar-refractivity contribution is 0.0932. The first-order chi connectivity index (χ1) is 17.9. The van der Waals surface area contributed by atoms with Crippen molar-refractivity contribution in [2.45, 2.75) is 12.8 Å². The number of carbonyl (C=O) groups is 1. The highest BCUT2D eigenvalue weighted by atomic mass is 35.5. The van der Waals surface area contributed by atoms with Gasteiger partial charge >= 0.3 is 0 Å². The Hall–Kier alpha value is -3.65. The first-order valence-corrected chi connectivity index (χ1v) is 12.9. The number of hydrogen-bond acceptors (Lipinski definition) is 6. The average Bonchev–Trinajstić information content (AvgIpc) is 3.27. The maximum atomic E-state index is 14.1. The maximum Gasteiger partial charge on any atom is 0.268 e. The van der Waals surface area contributed by atoms with E-state index in [4.69, 9.17) is 37.7 Å². The number of halogens is 2. The van der Waals surface area contributed by atoms with Gasteiger partial charge in [-0.15, -0.1) is 11.3 Å². The highest BCUT2D eigenvalue weighted by Gasteiger charge is 2.38. The van der Waals surface area contributed by atoms with Gasteiger partial charge in [0.1, 0.15) is 5.75 Å². The molecule has 0 N–H and O–H groups in total. The average molecular weight is 549 g/mol. The summed E-state index contributed by atoms with van der Waals surface area (Å²) in [5, 5.41) is 2.00. The number of fused-ring (bicyclic) bond motifs is 4. The lowest BCUT2D eigenvalue weighted by Crippen LogP contribution is -2.33. The van der Waals surface area contributed by atoms with Gasteiger partial charge in [-0.25, -0.2) is 4.57 Å². The summed E-state index contributed by atoms with van der Waals surface area (Å²) in [5.41, 5.74) is 1.19. The Balaban J connectivity index is 1.67. The molecule has 0 aliphatic carbocycles.